The molecule has 1 N–H and O–H groups in total. The maximum atomic E-state index is 13.0. The summed E-state index contributed by atoms with van der Waals surface area (Å²) < 4.78 is 0. The predicted octanol–water partition coefficient (Wildman–Crippen LogP) is 3.57. The van der Waals surface area contributed by atoms with Crippen LogP contribution in [0.3, 0.4) is 0 Å². The zero-order valence-electron chi connectivity index (χ0n) is 16.4. The minimum Gasteiger partial charge on any atom is -0.323 e. The number of piperidine rings is 1. The Bertz CT molecular complexity index is 1150. The molecule has 1 aliphatic heterocycles. The van der Waals surface area contributed by atoms with Crippen LogP contribution < -0.4 is 5.32 Å². The Morgan fingerprint density at radius 3 is 2.55 bits per heavy atom. The molecule has 6 heteroatoms. The second kappa shape index (κ2) is 7.04. The number of aromatic nitrogens is 2. The first-order valence-electron chi connectivity index (χ1n) is 10.1. The highest BCUT2D eigenvalue weighted by atomic mass is 16.2. The zero-order chi connectivity index (χ0) is 20.0. The van der Waals surface area contributed by atoms with Gasteiger partial charge in [0.25, 0.3) is 0 Å². The molecule has 0 bridgehead atoms. The molecule has 6 nitrogen and oxygen atoms in total. The van der Waals surface area contributed by atoms with Crippen molar-refractivity contribution in [1.82, 2.24) is 14.9 Å². The molecule has 2 heterocycles. The van der Waals surface area contributed by atoms with E-state index in [0.717, 1.165) is 42.6 Å². The van der Waals surface area contributed by atoms with Crippen molar-refractivity contribution < 1.29 is 9.59 Å². The maximum absolute atomic E-state index is 13.0. The Morgan fingerprint density at radius 1 is 1.00 bits per heavy atom. The van der Waals surface area contributed by atoms with Crippen LogP contribution in [0.4, 0.5) is 5.69 Å². The molecule has 1 fully saturated rings. The first-order chi connectivity index (χ1) is 14.1. The molecule has 0 spiro atoms. The van der Waals surface area contributed by atoms with Gasteiger partial charge in [0.2, 0.25) is 5.91 Å². The SMILES string of the molecule is Cc1nc2c3c(ccc(NC(=O)CN4CCCCC4)c3n1)C(=O)c1ccccc1-2. The van der Waals surface area contributed by atoms with E-state index < -0.39 is 0 Å². The number of hydrogen-bond donors (Lipinski definition) is 1. The molecule has 1 saturated heterocycles. The lowest BCUT2D eigenvalue weighted by Crippen LogP contribution is -2.36. The van der Waals surface area contributed by atoms with Crippen LogP contribution in [0.15, 0.2) is 36.4 Å². The van der Waals surface area contributed by atoms with Gasteiger partial charge in [0, 0.05) is 22.1 Å². The summed E-state index contributed by atoms with van der Waals surface area (Å²) in [5, 5.41) is 3.74. The summed E-state index contributed by atoms with van der Waals surface area (Å²) in [7, 11) is 0. The summed E-state index contributed by atoms with van der Waals surface area (Å²) in [5.41, 5.74) is 4.07. The highest BCUT2D eigenvalue weighted by molar-refractivity contribution is 6.26. The van der Waals surface area contributed by atoms with E-state index >= 15 is 0 Å². The molecular weight excluding hydrogens is 364 g/mol. The number of amides is 1. The quantitative estimate of drug-likeness (QED) is 0.583. The third kappa shape index (κ3) is 3.09. The second-order valence-corrected chi connectivity index (χ2v) is 7.76. The molecule has 29 heavy (non-hydrogen) atoms. The number of hydrogen-bond acceptors (Lipinski definition) is 5. The normalized spacial score (nSPS) is 16.0. The second-order valence-electron chi connectivity index (χ2n) is 7.76. The van der Waals surface area contributed by atoms with Crippen LogP contribution in [0.25, 0.3) is 22.2 Å². The predicted molar refractivity (Wildman–Crippen MR) is 112 cm³/mol. The fourth-order valence-electron chi connectivity index (χ4n) is 4.38. The molecule has 3 aromatic rings. The van der Waals surface area contributed by atoms with Gasteiger partial charge in [-0.2, -0.15) is 0 Å². The summed E-state index contributed by atoms with van der Waals surface area (Å²) in [5.74, 6) is 0.527. The molecule has 1 amide bonds. The monoisotopic (exact) mass is 386 g/mol. The number of benzene rings is 2. The average Bonchev–Trinajstić information content (AvgIpc) is 2.73. The fraction of sp³-hybridized carbons (Fsp3) is 0.304. The van der Waals surface area contributed by atoms with Crippen molar-refractivity contribution in [2.45, 2.75) is 26.2 Å². The van der Waals surface area contributed by atoms with Gasteiger partial charge in [0.15, 0.2) is 5.78 Å². The van der Waals surface area contributed by atoms with Crippen LogP contribution in [0, 0.1) is 6.92 Å². The third-order valence-electron chi connectivity index (χ3n) is 5.72. The summed E-state index contributed by atoms with van der Waals surface area (Å²) in [6, 6.07) is 11.1. The van der Waals surface area contributed by atoms with Crippen LogP contribution in [0.2, 0.25) is 0 Å². The number of fused-ring (bicyclic) bond motifs is 2. The molecular formula is C23H22N4O2. The Balaban J connectivity index is 1.57. The number of carbonyl (C=O) groups is 2. The number of nitrogens with one attached hydrogen (secondary N) is 1. The highest BCUT2D eigenvalue weighted by Crippen LogP contribution is 2.39. The van der Waals surface area contributed by atoms with Gasteiger partial charge in [-0.1, -0.05) is 30.7 Å². The van der Waals surface area contributed by atoms with Crippen molar-refractivity contribution in [1.29, 1.82) is 0 Å². The van der Waals surface area contributed by atoms with Crippen molar-refractivity contribution in [3.05, 3.63) is 53.3 Å². The van der Waals surface area contributed by atoms with Crippen molar-refractivity contribution in [3.8, 4) is 11.3 Å². The van der Waals surface area contributed by atoms with E-state index in [2.05, 4.69) is 20.2 Å². The van der Waals surface area contributed by atoms with E-state index in [1.165, 1.54) is 6.42 Å². The number of carbonyl (C=O) groups excluding carboxylic acids is 2. The van der Waals surface area contributed by atoms with Crippen molar-refractivity contribution in [2.24, 2.45) is 0 Å². The zero-order valence-corrected chi connectivity index (χ0v) is 16.4. The Hall–Kier alpha value is -3.12. The minimum atomic E-state index is -0.0532. The molecule has 0 radical (unpaired) electrons. The molecule has 0 saturated carbocycles. The largest absolute Gasteiger partial charge is 0.323 e. The smallest absolute Gasteiger partial charge is 0.238 e. The lowest BCUT2D eigenvalue weighted by atomic mass is 9.86. The van der Waals surface area contributed by atoms with Gasteiger partial charge in [-0.25, -0.2) is 9.97 Å². The first-order valence-corrected chi connectivity index (χ1v) is 10.1. The number of aryl methyl sites for hydroxylation is 1. The number of ketones is 1. The summed E-state index contributed by atoms with van der Waals surface area (Å²) in [6.45, 7) is 4.14. The van der Waals surface area contributed by atoms with Gasteiger partial charge < -0.3 is 5.32 Å². The minimum absolute atomic E-state index is 0.0308. The summed E-state index contributed by atoms with van der Waals surface area (Å²) in [6.07, 6.45) is 3.52. The van der Waals surface area contributed by atoms with Crippen molar-refractivity contribution >= 4 is 28.3 Å². The van der Waals surface area contributed by atoms with Crippen LogP contribution in [-0.2, 0) is 4.79 Å². The topological polar surface area (TPSA) is 75.2 Å². The van der Waals surface area contributed by atoms with E-state index in [-0.39, 0.29) is 11.7 Å². The molecule has 5 rings (SSSR count). The Kier molecular flexibility index (Phi) is 4.36. The summed E-state index contributed by atoms with van der Waals surface area (Å²) >= 11 is 0. The molecule has 0 atom stereocenters. The molecule has 1 aliphatic carbocycles. The van der Waals surface area contributed by atoms with E-state index in [1.807, 2.05) is 31.2 Å². The highest BCUT2D eigenvalue weighted by Gasteiger charge is 2.28. The van der Waals surface area contributed by atoms with Crippen molar-refractivity contribution in [2.75, 3.05) is 25.0 Å². The van der Waals surface area contributed by atoms with Crippen molar-refractivity contribution in [3.63, 3.8) is 0 Å². The van der Waals surface area contributed by atoms with E-state index in [0.29, 0.717) is 34.7 Å². The van der Waals surface area contributed by atoms with E-state index in [4.69, 9.17) is 0 Å². The van der Waals surface area contributed by atoms with Gasteiger partial charge in [-0.3, -0.25) is 14.5 Å². The number of likely N-dealkylation sites (tertiary alicyclic amines) is 1. The number of nitrogens with zero attached hydrogens (tertiary/aromatic N) is 3. The lowest BCUT2D eigenvalue weighted by Gasteiger charge is -2.26. The van der Waals surface area contributed by atoms with Gasteiger partial charge in [0.1, 0.15) is 5.82 Å². The molecule has 0 unspecified atom stereocenters. The van der Waals surface area contributed by atoms with Crippen LogP contribution in [0.1, 0.15) is 41.0 Å². The maximum Gasteiger partial charge on any atom is 0.238 e. The average molecular weight is 386 g/mol. The fourth-order valence-corrected chi connectivity index (χ4v) is 4.38. The Morgan fingerprint density at radius 2 is 1.76 bits per heavy atom. The van der Waals surface area contributed by atoms with Gasteiger partial charge in [-0.05, 0) is 45.0 Å². The third-order valence-corrected chi connectivity index (χ3v) is 5.72. The van der Waals surface area contributed by atoms with E-state index in [1.54, 1.807) is 12.1 Å². The van der Waals surface area contributed by atoms with Gasteiger partial charge >= 0.3 is 0 Å². The molecule has 1 aromatic heterocycles. The lowest BCUT2D eigenvalue weighted by molar-refractivity contribution is -0.117. The van der Waals surface area contributed by atoms with Gasteiger partial charge in [0.05, 0.1) is 23.4 Å². The molecule has 2 aromatic carbocycles. The van der Waals surface area contributed by atoms with Crippen LogP contribution in [0.5, 0.6) is 0 Å². The standard InChI is InChI=1S/C23H22N4O2/c1-14-24-21-15-7-3-4-8-16(15)23(29)17-9-10-18(22(25-14)20(17)21)26-19(28)13-27-11-5-2-6-12-27/h3-4,7-10H,2,5-6,11-13H2,1H3,(H,26,28). The Labute approximate surface area is 169 Å². The van der Waals surface area contributed by atoms with Crippen LogP contribution >= 0.6 is 0 Å². The number of anilines is 1. The molecule has 146 valence electrons. The summed E-state index contributed by atoms with van der Waals surface area (Å²) in [4.78, 5) is 37.1. The number of rotatable bonds is 3. The van der Waals surface area contributed by atoms with E-state index in [9.17, 15) is 9.59 Å². The van der Waals surface area contributed by atoms with Crippen LogP contribution in [-0.4, -0.2) is 46.2 Å². The first kappa shape index (κ1) is 17.9. The molecule has 2 aliphatic rings. The van der Waals surface area contributed by atoms with Gasteiger partial charge in [-0.15, -0.1) is 0 Å².